The summed E-state index contributed by atoms with van der Waals surface area (Å²) in [4.78, 5) is 23.8. The Kier molecular flexibility index (Phi) is 6.55. The molecule has 2 aromatic rings. The van der Waals surface area contributed by atoms with E-state index in [0.29, 0.717) is 17.9 Å². The molecular weight excluding hydrogens is 318 g/mol. The number of nitrogens with one attached hydrogen (secondary N) is 2. The molecule has 0 aliphatic carbocycles. The van der Waals surface area contributed by atoms with Gasteiger partial charge in [-0.1, -0.05) is 30.3 Å². The maximum absolute atomic E-state index is 12.0. The quantitative estimate of drug-likeness (QED) is 0.805. The van der Waals surface area contributed by atoms with Gasteiger partial charge in [-0.2, -0.15) is 5.26 Å². The first-order valence-corrected chi connectivity index (χ1v) is 7.83. The van der Waals surface area contributed by atoms with Gasteiger partial charge in [0.2, 0.25) is 5.91 Å². The van der Waals surface area contributed by atoms with E-state index in [-0.39, 0.29) is 18.4 Å². The molecule has 0 spiro atoms. The van der Waals surface area contributed by atoms with E-state index in [0.717, 1.165) is 5.56 Å². The number of carbonyl (C=O) groups is 2. The Morgan fingerprint density at radius 2 is 1.76 bits per heavy atom. The van der Waals surface area contributed by atoms with E-state index < -0.39 is 6.10 Å². The van der Waals surface area contributed by atoms with E-state index in [1.807, 2.05) is 36.4 Å². The predicted octanol–water partition coefficient (Wildman–Crippen LogP) is 1.76. The van der Waals surface area contributed by atoms with Crippen LogP contribution < -0.4 is 15.4 Å². The molecule has 128 valence electrons. The van der Waals surface area contributed by atoms with Crippen LogP contribution in [0.25, 0.3) is 0 Å². The lowest BCUT2D eigenvalue weighted by atomic mass is 10.2. The second-order valence-corrected chi connectivity index (χ2v) is 5.38. The van der Waals surface area contributed by atoms with Gasteiger partial charge in [-0.25, -0.2) is 0 Å². The molecule has 2 aromatic carbocycles. The normalized spacial score (nSPS) is 11.0. The molecule has 0 fully saturated rings. The molecule has 2 rings (SSSR count). The van der Waals surface area contributed by atoms with Crippen molar-refractivity contribution in [2.45, 2.75) is 19.6 Å². The summed E-state index contributed by atoms with van der Waals surface area (Å²) >= 11 is 0. The monoisotopic (exact) mass is 337 g/mol. The summed E-state index contributed by atoms with van der Waals surface area (Å²) in [5.41, 5.74) is 1.50. The predicted molar refractivity (Wildman–Crippen MR) is 92.5 cm³/mol. The second kappa shape index (κ2) is 9.08. The molecule has 0 saturated heterocycles. The number of ether oxygens (including phenoxy) is 1. The molecule has 6 nitrogen and oxygen atoms in total. The van der Waals surface area contributed by atoms with Gasteiger partial charge < -0.3 is 15.4 Å². The minimum absolute atomic E-state index is 0.118. The molecule has 6 heteroatoms. The fourth-order valence-corrected chi connectivity index (χ4v) is 2.04. The largest absolute Gasteiger partial charge is 0.481 e. The molecule has 0 aromatic heterocycles. The van der Waals surface area contributed by atoms with Crippen molar-refractivity contribution >= 4 is 11.8 Å². The van der Waals surface area contributed by atoms with Crippen molar-refractivity contribution in [1.29, 1.82) is 5.26 Å². The van der Waals surface area contributed by atoms with Gasteiger partial charge in [-0.3, -0.25) is 9.59 Å². The molecular formula is C19H19N3O3. The highest BCUT2D eigenvalue weighted by atomic mass is 16.5. The molecule has 0 radical (unpaired) electrons. The second-order valence-electron chi connectivity index (χ2n) is 5.38. The topological polar surface area (TPSA) is 91.2 Å². The zero-order chi connectivity index (χ0) is 18.1. The van der Waals surface area contributed by atoms with Crippen LogP contribution >= 0.6 is 0 Å². The van der Waals surface area contributed by atoms with Gasteiger partial charge in [0.05, 0.1) is 18.2 Å². The summed E-state index contributed by atoms with van der Waals surface area (Å²) in [6.45, 7) is 1.88. The molecule has 0 heterocycles. The number of nitriles is 1. The van der Waals surface area contributed by atoms with Crippen LogP contribution in [0.2, 0.25) is 0 Å². The summed E-state index contributed by atoms with van der Waals surface area (Å²) in [7, 11) is 0. The maximum Gasteiger partial charge on any atom is 0.261 e. The lowest BCUT2D eigenvalue weighted by Gasteiger charge is -2.14. The molecule has 0 bridgehead atoms. The minimum atomic E-state index is -0.755. The minimum Gasteiger partial charge on any atom is -0.481 e. The van der Waals surface area contributed by atoms with E-state index >= 15 is 0 Å². The average molecular weight is 337 g/mol. The Bertz CT molecular complexity index is 752. The summed E-state index contributed by atoms with van der Waals surface area (Å²) in [5.74, 6) is -0.183. The first kappa shape index (κ1) is 18.0. The Balaban J connectivity index is 1.73. The third kappa shape index (κ3) is 5.99. The van der Waals surface area contributed by atoms with Crippen LogP contribution in [0.3, 0.4) is 0 Å². The molecule has 1 unspecified atom stereocenters. The Morgan fingerprint density at radius 1 is 1.08 bits per heavy atom. The molecule has 0 aliphatic heterocycles. The fraction of sp³-hybridized carbons (Fsp3) is 0.211. The fourth-order valence-electron chi connectivity index (χ4n) is 2.04. The van der Waals surface area contributed by atoms with Crippen LogP contribution in [0, 0.1) is 11.3 Å². The molecule has 0 aliphatic rings. The number of nitrogens with zero attached hydrogens (tertiary/aromatic N) is 1. The van der Waals surface area contributed by atoms with Gasteiger partial charge in [-0.15, -0.1) is 0 Å². The van der Waals surface area contributed by atoms with Crippen LogP contribution in [-0.2, 0) is 16.1 Å². The highest BCUT2D eigenvalue weighted by Gasteiger charge is 2.15. The van der Waals surface area contributed by atoms with Crippen molar-refractivity contribution in [2.75, 3.05) is 6.54 Å². The van der Waals surface area contributed by atoms with Crippen molar-refractivity contribution in [1.82, 2.24) is 10.6 Å². The summed E-state index contributed by atoms with van der Waals surface area (Å²) in [5, 5.41) is 14.0. The highest BCUT2D eigenvalue weighted by molar-refractivity contribution is 5.86. The van der Waals surface area contributed by atoms with Crippen molar-refractivity contribution in [2.24, 2.45) is 0 Å². The smallest absolute Gasteiger partial charge is 0.261 e. The van der Waals surface area contributed by atoms with Crippen molar-refractivity contribution in [3.63, 3.8) is 0 Å². The van der Waals surface area contributed by atoms with E-state index in [1.165, 1.54) is 0 Å². The Labute approximate surface area is 146 Å². The van der Waals surface area contributed by atoms with E-state index in [1.54, 1.807) is 31.2 Å². The van der Waals surface area contributed by atoms with Crippen LogP contribution in [0.1, 0.15) is 18.1 Å². The van der Waals surface area contributed by atoms with Crippen LogP contribution in [0.4, 0.5) is 0 Å². The molecule has 1 atom stereocenters. The standard InChI is InChI=1S/C19H19N3O3/c1-14(25-17-9-7-15(11-20)8-10-17)19(24)22-13-18(23)21-12-16-5-3-2-4-6-16/h2-10,14H,12-13H2,1H3,(H,21,23)(H,22,24). The van der Waals surface area contributed by atoms with Crippen molar-refractivity contribution in [3.8, 4) is 11.8 Å². The maximum atomic E-state index is 12.0. The van der Waals surface area contributed by atoms with Crippen molar-refractivity contribution < 1.29 is 14.3 Å². The van der Waals surface area contributed by atoms with Crippen molar-refractivity contribution in [3.05, 3.63) is 65.7 Å². The SMILES string of the molecule is CC(Oc1ccc(C#N)cc1)C(=O)NCC(=O)NCc1ccccc1. The highest BCUT2D eigenvalue weighted by Crippen LogP contribution is 2.13. The van der Waals surface area contributed by atoms with Gasteiger partial charge in [0.1, 0.15) is 5.75 Å². The van der Waals surface area contributed by atoms with E-state index in [9.17, 15) is 9.59 Å². The number of benzene rings is 2. The Hall–Kier alpha value is -3.33. The molecule has 0 saturated carbocycles. The third-order valence-electron chi connectivity index (χ3n) is 3.42. The average Bonchev–Trinajstić information content (AvgIpc) is 2.65. The number of amides is 2. The zero-order valence-corrected chi connectivity index (χ0v) is 13.9. The number of hydrogen-bond donors (Lipinski definition) is 2. The first-order chi connectivity index (χ1) is 12.1. The zero-order valence-electron chi connectivity index (χ0n) is 13.9. The molecule has 25 heavy (non-hydrogen) atoms. The molecule has 2 N–H and O–H groups in total. The van der Waals surface area contributed by atoms with E-state index in [2.05, 4.69) is 10.6 Å². The summed E-state index contributed by atoms with van der Waals surface area (Å²) in [6.07, 6.45) is -0.755. The number of rotatable bonds is 7. The Morgan fingerprint density at radius 3 is 2.40 bits per heavy atom. The number of hydrogen-bond acceptors (Lipinski definition) is 4. The summed E-state index contributed by atoms with van der Waals surface area (Å²) < 4.78 is 5.48. The lowest BCUT2D eigenvalue weighted by molar-refractivity contribution is -0.130. The lowest BCUT2D eigenvalue weighted by Crippen LogP contribution is -2.42. The molecule has 2 amide bonds. The van der Waals surface area contributed by atoms with Crippen LogP contribution in [0.15, 0.2) is 54.6 Å². The third-order valence-corrected chi connectivity index (χ3v) is 3.42. The first-order valence-electron chi connectivity index (χ1n) is 7.83. The van der Waals surface area contributed by atoms with Gasteiger partial charge in [0.15, 0.2) is 6.10 Å². The van der Waals surface area contributed by atoms with Gasteiger partial charge >= 0.3 is 0 Å². The number of carbonyl (C=O) groups excluding carboxylic acids is 2. The van der Waals surface area contributed by atoms with E-state index in [4.69, 9.17) is 10.00 Å². The van der Waals surface area contributed by atoms with Gasteiger partial charge in [0.25, 0.3) is 5.91 Å². The summed E-state index contributed by atoms with van der Waals surface area (Å²) in [6, 6.07) is 18.0. The van der Waals surface area contributed by atoms with Crippen LogP contribution in [0.5, 0.6) is 5.75 Å². The van der Waals surface area contributed by atoms with Gasteiger partial charge in [0, 0.05) is 6.54 Å². The van der Waals surface area contributed by atoms with Gasteiger partial charge in [-0.05, 0) is 36.8 Å². The van der Waals surface area contributed by atoms with Crippen LogP contribution in [-0.4, -0.2) is 24.5 Å².